The molecule has 0 spiro atoms. The molecular weight excluding hydrogens is 480 g/mol. The zero-order valence-corrected chi connectivity index (χ0v) is 21.3. The summed E-state index contributed by atoms with van der Waals surface area (Å²) in [6.07, 6.45) is 9.53. The van der Waals surface area contributed by atoms with Crippen molar-refractivity contribution in [2.24, 2.45) is 7.05 Å². The third-order valence-electron chi connectivity index (χ3n) is 7.42. The van der Waals surface area contributed by atoms with Crippen molar-refractivity contribution < 1.29 is 9.47 Å². The van der Waals surface area contributed by atoms with Gasteiger partial charge in [0.15, 0.2) is 5.82 Å². The highest BCUT2D eigenvalue weighted by molar-refractivity contribution is 5.86. The Hall–Kier alpha value is -4.31. The Morgan fingerprint density at radius 2 is 1.84 bits per heavy atom. The molecule has 5 aromatic rings. The predicted octanol–water partition coefficient (Wildman–Crippen LogP) is 4.81. The van der Waals surface area contributed by atoms with Crippen molar-refractivity contribution in [3.8, 4) is 17.5 Å². The number of hydrogen-bond donors (Lipinski definition) is 2. The summed E-state index contributed by atoms with van der Waals surface area (Å²) in [5, 5.41) is 7.02. The molecule has 3 aromatic heterocycles. The lowest BCUT2D eigenvalue weighted by Gasteiger charge is -2.28. The number of aromatic nitrogens is 6. The van der Waals surface area contributed by atoms with Gasteiger partial charge in [0.2, 0.25) is 0 Å². The van der Waals surface area contributed by atoms with E-state index in [0.29, 0.717) is 34.9 Å². The van der Waals surface area contributed by atoms with Gasteiger partial charge >= 0.3 is 6.01 Å². The summed E-state index contributed by atoms with van der Waals surface area (Å²) in [6, 6.07) is 13.3. The van der Waals surface area contributed by atoms with Crippen LogP contribution in [0.2, 0.25) is 0 Å². The monoisotopic (exact) mass is 508 g/mol. The maximum Gasteiger partial charge on any atom is 0.317 e. The molecule has 38 heavy (non-hydrogen) atoms. The summed E-state index contributed by atoms with van der Waals surface area (Å²) in [6.45, 7) is 2.01. The number of hydrogen-bond acceptors (Lipinski definition) is 9. The van der Waals surface area contributed by atoms with Gasteiger partial charge < -0.3 is 24.7 Å². The van der Waals surface area contributed by atoms with Crippen LogP contribution in [0, 0.1) is 6.92 Å². The summed E-state index contributed by atoms with van der Waals surface area (Å²) in [7, 11) is 1.98. The van der Waals surface area contributed by atoms with Gasteiger partial charge in [0.05, 0.1) is 23.6 Å². The first-order valence-corrected chi connectivity index (χ1v) is 12.9. The Kier molecular flexibility index (Phi) is 5.54. The summed E-state index contributed by atoms with van der Waals surface area (Å²) in [4.78, 5) is 22.3. The van der Waals surface area contributed by atoms with Gasteiger partial charge in [-0.3, -0.25) is 0 Å². The molecule has 2 bridgehead atoms. The molecule has 192 valence electrons. The zero-order chi connectivity index (χ0) is 25.6. The summed E-state index contributed by atoms with van der Waals surface area (Å²) in [5.41, 5.74) is 5.08. The van der Waals surface area contributed by atoms with E-state index in [1.54, 1.807) is 12.5 Å². The number of benzene rings is 2. The highest BCUT2D eigenvalue weighted by Gasteiger charge is 2.34. The molecule has 7 rings (SSSR count). The number of nitrogens with zero attached hydrogens (tertiary/aromatic N) is 6. The molecule has 5 heterocycles. The number of ether oxygens (including phenoxy) is 2. The van der Waals surface area contributed by atoms with Crippen LogP contribution in [0.3, 0.4) is 0 Å². The molecule has 3 atom stereocenters. The topological polar surface area (TPSA) is 112 Å². The molecule has 2 saturated heterocycles. The maximum absolute atomic E-state index is 6.20. The van der Waals surface area contributed by atoms with E-state index >= 15 is 0 Å². The van der Waals surface area contributed by atoms with Crippen LogP contribution in [0.25, 0.3) is 22.1 Å². The van der Waals surface area contributed by atoms with Crippen LogP contribution in [0.5, 0.6) is 17.5 Å². The fourth-order valence-electron chi connectivity index (χ4n) is 5.52. The van der Waals surface area contributed by atoms with Crippen molar-refractivity contribution >= 4 is 33.6 Å². The minimum atomic E-state index is 0.126. The van der Waals surface area contributed by atoms with Gasteiger partial charge in [0.1, 0.15) is 35.0 Å². The van der Waals surface area contributed by atoms with E-state index in [1.165, 1.54) is 19.2 Å². The van der Waals surface area contributed by atoms with Crippen LogP contribution in [0.15, 0.2) is 55.2 Å². The van der Waals surface area contributed by atoms with Gasteiger partial charge in [0.25, 0.3) is 0 Å². The van der Waals surface area contributed by atoms with E-state index in [0.717, 1.165) is 46.6 Å². The molecule has 2 aliphatic rings. The standard InChI is InChI=1S/C28H28N8O2/c1-16-9-17(5-8-25(16)37-20-6-7-24-22(12-20)32-15-36(24)2)34-27-26-23(30-14-31-27)13-29-28(35-26)38-21-10-18-3-4-19(11-21)33-18/h5-9,12-15,18-19,21,33H,3-4,10-11H2,1-2H3,(H,30,31,34)/t18-,19+,21?. The number of piperidine rings is 1. The molecule has 0 aliphatic carbocycles. The summed E-state index contributed by atoms with van der Waals surface area (Å²) in [5.74, 6) is 2.11. The minimum Gasteiger partial charge on any atom is -0.460 e. The summed E-state index contributed by atoms with van der Waals surface area (Å²) >= 11 is 0. The van der Waals surface area contributed by atoms with Crippen LogP contribution in [-0.4, -0.2) is 47.7 Å². The largest absolute Gasteiger partial charge is 0.460 e. The average Bonchev–Trinajstić information content (AvgIpc) is 3.46. The second kappa shape index (κ2) is 9.21. The van der Waals surface area contributed by atoms with E-state index in [2.05, 4.69) is 35.6 Å². The highest BCUT2D eigenvalue weighted by atomic mass is 16.5. The smallest absolute Gasteiger partial charge is 0.317 e. The number of nitrogens with one attached hydrogen (secondary N) is 2. The van der Waals surface area contributed by atoms with Gasteiger partial charge in [-0.1, -0.05) is 0 Å². The van der Waals surface area contributed by atoms with Crippen molar-refractivity contribution in [3.05, 3.63) is 60.8 Å². The van der Waals surface area contributed by atoms with Crippen molar-refractivity contribution in [2.75, 3.05) is 5.32 Å². The van der Waals surface area contributed by atoms with Crippen molar-refractivity contribution in [1.29, 1.82) is 0 Å². The van der Waals surface area contributed by atoms with Crippen molar-refractivity contribution in [3.63, 3.8) is 0 Å². The van der Waals surface area contributed by atoms with E-state index in [4.69, 9.17) is 9.47 Å². The van der Waals surface area contributed by atoms with Crippen LogP contribution >= 0.6 is 0 Å². The Morgan fingerprint density at radius 1 is 0.974 bits per heavy atom. The number of rotatable bonds is 6. The number of aryl methyl sites for hydroxylation is 2. The molecule has 1 unspecified atom stereocenters. The van der Waals surface area contributed by atoms with E-state index in [9.17, 15) is 0 Å². The van der Waals surface area contributed by atoms with Gasteiger partial charge in [-0.15, -0.1) is 0 Å². The Balaban J connectivity index is 1.10. The number of anilines is 2. The van der Waals surface area contributed by atoms with Crippen LogP contribution in [-0.2, 0) is 7.05 Å². The lowest BCUT2D eigenvalue weighted by molar-refractivity contribution is 0.126. The third-order valence-corrected chi connectivity index (χ3v) is 7.42. The fraction of sp³-hybridized carbons (Fsp3) is 0.321. The van der Waals surface area contributed by atoms with E-state index in [-0.39, 0.29) is 6.10 Å². The predicted molar refractivity (Wildman–Crippen MR) is 144 cm³/mol. The lowest BCUT2D eigenvalue weighted by Crippen LogP contribution is -2.42. The van der Waals surface area contributed by atoms with Crippen LogP contribution in [0.4, 0.5) is 11.5 Å². The molecule has 2 N–H and O–H groups in total. The molecule has 10 nitrogen and oxygen atoms in total. The molecule has 0 saturated carbocycles. The molecule has 0 amide bonds. The molecule has 2 fully saturated rings. The Morgan fingerprint density at radius 3 is 2.68 bits per heavy atom. The minimum absolute atomic E-state index is 0.126. The molecule has 10 heteroatoms. The van der Waals surface area contributed by atoms with Gasteiger partial charge in [-0.05, 0) is 68.5 Å². The van der Waals surface area contributed by atoms with Crippen molar-refractivity contribution in [2.45, 2.75) is 50.8 Å². The maximum atomic E-state index is 6.20. The Labute approximate surface area is 219 Å². The first kappa shape index (κ1) is 22.9. The highest BCUT2D eigenvalue weighted by Crippen LogP contribution is 2.32. The second-order valence-electron chi connectivity index (χ2n) is 10.2. The molecule has 2 aromatic carbocycles. The SMILES string of the molecule is Cc1cc(Nc2ncnc3cnc(OC4C[C@H]5CC[C@@H](C4)N5)nc23)ccc1Oc1ccc2c(c1)ncn2C. The molecule has 2 aliphatic heterocycles. The molecule has 0 radical (unpaired) electrons. The Bertz CT molecular complexity index is 1640. The zero-order valence-electron chi connectivity index (χ0n) is 21.3. The summed E-state index contributed by atoms with van der Waals surface area (Å²) < 4.78 is 14.4. The first-order valence-electron chi connectivity index (χ1n) is 12.9. The second-order valence-corrected chi connectivity index (χ2v) is 10.2. The molecular formula is C28H28N8O2. The van der Waals surface area contributed by atoms with Gasteiger partial charge in [-0.25, -0.2) is 19.9 Å². The first-order chi connectivity index (χ1) is 18.6. The van der Waals surface area contributed by atoms with Crippen LogP contribution < -0.4 is 20.1 Å². The van der Waals surface area contributed by atoms with E-state index in [1.807, 2.05) is 54.9 Å². The lowest BCUT2D eigenvalue weighted by atomic mass is 10.0. The van der Waals surface area contributed by atoms with Crippen molar-refractivity contribution in [1.82, 2.24) is 34.8 Å². The number of imidazole rings is 1. The fourth-order valence-corrected chi connectivity index (χ4v) is 5.52. The average molecular weight is 509 g/mol. The quantitative estimate of drug-likeness (QED) is 0.334. The van der Waals surface area contributed by atoms with E-state index < -0.39 is 0 Å². The van der Waals surface area contributed by atoms with Gasteiger partial charge in [-0.2, -0.15) is 4.98 Å². The third kappa shape index (κ3) is 4.37. The van der Waals surface area contributed by atoms with Gasteiger partial charge in [0, 0.05) is 30.9 Å². The number of fused-ring (bicyclic) bond motifs is 4. The normalized spacial score (nSPS) is 20.6. The van der Waals surface area contributed by atoms with Crippen LogP contribution in [0.1, 0.15) is 31.2 Å².